The van der Waals surface area contributed by atoms with Crippen LogP contribution in [0, 0.1) is 0 Å². The van der Waals surface area contributed by atoms with Gasteiger partial charge >= 0.3 is 6.18 Å². The van der Waals surface area contributed by atoms with Crippen molar-refractivity contribution in [3.05, 3.63) is 69.4 Å². The standard InChI is InChI=1S/C23H14ClF3N4O3S/c24-15-4-3-12-17-21(35-19(12)18(15)32)30-20(31(22(17)33)8-11-6-28-9-34-11)13-5-16(23(25,26)27)29-7-14(13)10-1-2-10/h3-7,9-10,32H,1-2,8H2. The molecule has 0 amide bonds. The van der Waals surface area contributed by atoms with Gasteiger partial charge in [0.25, 0.3) is 5.56 Å². The Morgan fingerprint density at radius 3 is 2.74 bits per heavy atom. The van der Waals surface area contributed by atoms with Crippen LogP contribution in [0.15, 0.2) is 46.2 Å². The minimum absolute atomic E-state index is 0.0383. The first-order valence-electron chi connectivity index (χ1n) is 10.5. The minimum atomic E-state index is -4.67. The molecule has 0 radical (unpaired) electrons. The van der Waals surface area contributed by atoms with Crippen molar-refractivity contribution in [1.82, 2.24) is 19.5 Å². The second-order valence-corrected chi connectivity index (χ2v) is 9.68. The number of thiophene rings is 1. The lowest BCUT2D eigenvalue weighted by Crippen LogP contribution is -2.24. The zero-order valence-electron chi connectivity index (χ0n) is 17.6. The third-order valence-electron chi connectivity index (χ3n) is 5.97. The van der Waals surface area contributed by atoms with E-state index in [2.05, 4.69) is 15.0 Å². The number of aromatic nitrogens is 4. The van der Waals surface area contributed by atoms with Crippen molar-refractivity contribution in [3.63, 3.8) is 0 Å². The van der Waals surface area contributed by atoms with Gasteiger partial charge in [-0.1, -0.05) is 17.7 Å². The summed E-state index contributed by atoms with van der Waals surface area (Å²) in [6.45, 7) is -0.0954. The summed E-state index contributed by atoms with van der Waals surface area (Å²) in [6, 6.07) is 4.03. The Morgan fingerprint density at radius 1 is 1.26 bits per heavy atom. The Labute approximate surface area is 203 Å². The molecule has 7 nitrogen and oxygen atoms in total. The van der Waals surface area contributed by atoms with E-state index < -0.39 is 17.4 Å². The summed E-state index contributed by atoms with van der Waals surface area (Å²) in [7, 11) is 0. The van der Waals surface area contributed by atoms with Gasteiger partial charge in [-0.3, -0.25) is 14.3 Å². The van der Waals surface area contributed by atoms with Crippen molar-refractivity contribution in [2.45, 2.75) is 31.5 Å². The first-order chi connectivity index (χ1) is 16.7. The number of rotatable bonds is 4. The van der Waals surface area contributed by atoms with E-state index in [0.717, 1.165) is 30.2 Å². The fourth-order valence-corrected chi connectivity index (χ4v) is 5.47. The van der Waals surface area contributed by atoms with Gasteiger partial charge in [0, 0.05) is 17.1 Å². The first-order valence-corrected chi connectivity index (χ1v) is 11.7. The second-order valence-electron chi connectivity index (χ2n) is 8.28. The number of phenolic OH excluding ortho intramolecular Hbond substituents is 1. The highest BCUT2D eigenvalue weighted by Gasteiger charge is 2.36. The van der Waals surface area contributed by atoms with Crippen LogP contribution in [0.5, 0.6) is 5.75 Å². The van der Waals surface area contributed by atoms with Crippen molar-refractivity contribution in [1.29, 1.82) is 0 Å². The number of pyridine rings is 1. The molecule has 0 aliphatic heterocycles. The maximum Gasteiger partial charge on any atom is 0.433 e. The lowest BCUT2D eigenvalue weighted by Gasteiger charge is -2.16. The molecule has 1 aromatic carbocycles. The molecule has 35 heavy (non-hydrogen) atoms. The van der Waals surface area contributed by atoms with Crippen molar-refractivity contribution in [2.24, 2.45) is 0 Å². The topological polar surface area (TPSA) is 94.0 Å². The predicted molar refractivity (Wildman–Crippen MR) is 124 cm³/mol. The van der Waals surface area contributed by atoms with Crippen LogP contribution in [0.1, 0.15) is 35.8 Å². The van der Waals surface area contributed by atoms with Gasteiger partial charge < -0.3 is 9.52 Å². The second kappa shape index (κ2) is 7.79. The van der Waals surface area contributed by atoms with E-state index in [9.17, 15) is 23.1 Å². The third-order valence-corrected chi connectivity index (χ3v) is 7.38. The Hall–Kier alpha value is -3.44. The minimum Gasteiger partial charge on any atom is -0.505 e. The Kier molecular flexibility index (Phi) is 4.91. The summed E-state index contributed by atoms with van der Waals surface area (Å²) in [6.07, 6.45) is 0.801. The average Bonchev–Trinajstić information content (AvgIpc) is 3.40. The average molecular weight is 519 g/mol. The number of phenols is 1. The van der Waals surface area contributed by atoms with Gasteiger partial charge in [0.1, 0.15) is 22.1 Å². The Morgan fingerprint density at radius 2 is 2.06 bits per heavy atom. The number of aromatic hydroxyl groups is 1. The molecule has 1 N–H and O–H groups in total. The number of hydrogen-bond donors (Lipinski definition) is 1. The fraction of sp³-hybridized carbons (Fsp3) is 0.217. The molecule has 0 unspecified atom stereocenters. The molecule has 4 aromatic heterocycles. The van der Waals surface area contributed by atoms with E-state index in [0.29, 0.717) is 21.4 Å². The Bertz CT molecular complexity index is 1670. The highest BCUT2D eigenvalue weighted by atomic mass is 35.5. The van der Waals surface area contributed by atoms with Gasteiger partial charge in [-0.2, -0.15) is 13.2 Å². The van der Waals surface area contributed by atoms with E-state index in [-0.39, 0.29) is 44.8 Å². The number of benzene rings is 1. The number of hydrogen-bond acceptors (Lipinski definition) is 7. The molecule has 0 spiro atoms. The van der Waals surface area contributed by atoms with Crippen molar-refractivity contribution in [2.75, 3.05) is 0 Å². The zero-order chi connectivity index (χ0) is 24.5. The van der Waals surface area contributed by atoms with E-state index >= 15 is 0 Å². The van der Waals surface area contributed by atoms with Crippen molar-refractivity contribution >= 4 is 43.2 Å². The van der Waals surface area contributed by atoms with Crippen LogP contribution < -0.4 is 5.56 Å². The summed E-state index contributed by atoms with van der Waals surface area (Å²) in [5, 5.41) is 11.3. The van der Waals surface area contributed by atoms with E-state index in [4.69, 9.17) is 16.0 Å². The Balaban J connectivity index is 1.70. The summed E-state index contributed by atoms with van der Waals surface area (Å²) >= 11 is 7.10. The zero-order valence-corrected chi connectivity index (χ0v) is 19.2. The van der Waals surface area contributed by atoms with Gasteiger partial charge in [0.2, 0.25) is 0 Å². The first kappa shape index (κ1) is 22.1. The summed E-state index contributed by atoms with van der Waals surface area (Å²) in [5.74, 6) is 0.247. The number of fused-ring (bicyclic) bond motifs is 3. The van der Waals surface area contributed by atoms with Gasteiger partial charge in [-0.25, -0.2) is 9.97 Å². The third kappa shape index (κ3) is 3.66. The van der Waals surface area contributed by atoms with E-state index in [1.54, 1.807) is 6.07 Å². The maximum absolute atomic E-state index is 13.8. The van der Waals surface area contributed by atoms with Crippen LogP contribution in [-0.4, -0.2) is 24.6 Å². The molecule has 178 valence electrons. The van der Waals surface area contributed by atoms with Crippen molar-refractivity contribution in [3.8, 4) is 17.1 Å². The van der Waals surface area contributed by atoms with Gasteiger partial charge in [0.15, 0.2) is 12.1 Å². The monoisotopic (exact) mass is 518 g/mol. The molecule has 12 heteroatoms. The SMILES string of the molecule is O=c1c2c(nc(-c3cc(C(F)(F)F)ncc3C3CC3)n1Cc1cnco1)sc1c(O)c(Cl)ccc12. The molecule has 6 rings (SSSR count). The number of halogens is 4. The van der Waals surface area contributed by atoms with Crippen molar-refractivity contribution < 1.29 is 22.7 Å². The highest BCUT2D eigenvalue weighted by molar-refractivity contribution is 7.25. The van der Waals surface area contributed by atoms with E-state index in [1.807, 2.05) is 0 Å². The normalized spacial score (nSPS) is 14.3. The molecule has 0 bridgehead atoms. The maximum atomic E-state index is 13.8. The fourth-order valence-electron chi connectivity index (χ4n) is 4.15. The lowest BCUT2D eigenvalue weighted by molar-refractivity contribution is -0.141. The number of nitrogens with zero attached hydrogens (tertiary/aromatic N) is 4. The molecule has 1 aliphatic carbocycles. The molecule has 4 heterocycles. The number of alkyl halides is 3. The summed E-state index contributed by atoms with van der Waals surface area (Å²) < 4.78 is 47.7. The smallest absolute Gasteiger partial charge is 0.433 e. The molecular formula is C23H14ClF3N4O3S. The molecule has 1 aliphatic rings. The van der Waals surface area contributed by atoms with Gasteiger partial charge in [0.05, 0.1) is 27.9 Å². The van der Waals surface area contributed by atoms with Crippen LogP contribution >= 0.6 is 22.9 Å². The summed E-state index contributed by atoms with van der Waals surface area (Å²) in [5.41, 5.74) is -0.768. The van der Waals surface area contributed by atoms with Gasteiger partial charge in [-0.15, -0.1) is 11.3 Å². The molecule has 0 saturated heterocycles. The molecular weight excluding hydrogens is 505 g/mol. The molecule has 0 atom stereocenters. The molecule has 1 saturated carbocycles. The summed E-state index contributed by atoms with van der Waals surface area (Å²) in [4.78, 5) is 26.2. The molecule has 5 aromatic rings. The molecule has 1 fully saturated rings. The quantitative estimate of drug-likeness (QED) is 0.315. The highest BCUT2D eigenvalue weighted by Crippen LogP contribution is 2.46. The van der Waals surface area contributed by atoms with Crippen LogP contribution in [0.25, 0.3) is 31.7 Å². The van der Waals surface area contributed by atoms with Crippen LogP contribution in [0.3, 0.4) is 0 Å². The predicted octanol–water partition coefficient (Wildman–Crippen LogP) is 5.96. The van der Waals surface area contributed by atoms with Crippen LogP contribution in [0.4, 0.5) is 13.2 Å². The lowest BCUT2D eigenvalue weighted by atomic mass is 10.0. The van der Waals surface area contributed by atoms with Crippen LogP contribution in [-0.2, 0) is 12.7 Å². The number of oxazole rings is 1. The van der Waals surface area contributed by atoms with E-state index in [1.165, 1.54) is 29.4 Å². The largest absolute Gasteiger partial charge is 0.505 e. The van der Waals surface area contributed by atoms with Crippen LogP contribution in [0.2, 0.25) is 5.02 Å². The van der Waals surface area contributed by atoms with Gasteiger partial charge in [-0.05, 0) is 36.5 Å².